The molecule has 0 aromatic heterocycles. The van der Waals surface area contributed by atoms with Gasteiger partial charge in [-0.1, -0.05) is 12.1 Å². The van der Waals surface area contributed by atoms with Crippen molar-refractivity contribution in [2.45, 2.75) is 6.92 Å². The van der Waals surface area contributed by atoms with Gasteiger partial charge in [0.25, 0.3) is 0 Å². The highest BCUT2D eigenvalue weighted by Gasteiger charge is 2.09. The Balaban J connectivity index is 2.40. The van der Waals surface area contributed by atoms with Crippen molar-refractivity contribution < 1.29 is 9.13 Å². The maximum absolute atomic E-state index is 13.5. The second-order valence-corrected chi connectivity index (χ2v) is 3.92. The van der Waals surface area contributed by atoms with E-state index in [9.17, 15) is 4.39 Å². The second-order valence-electron chi connectivity index (χ2n) is 3.92. The van der Waals surface area contributed by atoms with Gasteiger partial charge in [0.05, 0.1) is 11.1 Å². The molecule has 2 aromatic rings. The SMILES string of the molecule is Cc1cccc(C#N)c1Oc1ccc(C#N)c(F)c1. The van der Waals surface area contributed by atoms with Crippen LogP contribution in [0.5, 0.6) is 11.5 Å². The largest absolute Gasteiger partial charge is 0.456 e. The molecule has 0 spiro atoms. The predicted octanol–water partition coefficient (Wildman–Crippen LogP) is 3.67. The number of aryl methyl sites for hydroxylation is 1. The molecule has 0 unspecified atom stereocenters. The minimum absolute atomic E-state index is 0.0439. The van der Waals surface area contributed by atoms with Crippen molar-refractivity contribution in [3.8, 4) is 23.6 Å². The Morgan fingerprint density at radius 3 is 2.42 bits per heavy atom. The summed E-state index contributed by atoms with van der Waals surface area (Å²) in [5.41, 5.74) is 1.12. The van der Waals surface area contributed by atoms with Gasteiger partial charge in [-0.2, -0.15) is 10.5 Å². The Kier molecular flexibility index (Phi) is 3.45. The fourth-order valence-corrected chi connectivity index (χ4v) is 1.64. The Morgan fingerprint density at radius 1 is 1.05 bits per heavy atom. The average Bonchev–Trinajstić information content (AvgIpc) is 2.41. The number of rotatable bonds is 2. The van der Waals surface area contributed by atoms with E-state index in [2.05, 4.69) is 0 Å². The summed E-state index contributed by atoms with van der Waals surface area (Å²) in [5.74, 6) is 0.00324. The lowest BCUT2D eigenvalue weighted by Gasteiger charge is -2.10. The van der Waals surface area contributed by atoms with Gasteiger partial charge in [-0.15, -0.1) is 0 Å². The van der Waals surface area contributed by atoms with Crippen LogP contribution in [0.3, 0.4) is 0 Å². The lowest BCUT2D eigenvalue weighted by molar-refractivity contribution is 0.471. The number of halogens is 1. The summed E-state index contributed by atoms with van der Waals surface area (Å²) >= 11 is 0. The van der Waals surface area contributed by atoms with E-state index in [4.69, 9.17) is 15.3 Å². The van der Waals surface area contributed by atoms with Gasteiger partial charge in [0.15, 0.2) is 0 Å². The maximum Gasteiger partial charge on any atom is 0.148 e. The van der Waals surface area contributed by atoms with Gasteiger partial charge in [0.2, 0.25) is 0 Å². The van der Waals surface area contributed by atoms with Gasteiger partial charge in [-0.05, 0) is 30.7 Å². The van der Waals surface area contributed by atoms with Crippen LogP contribution in [0.1, 0.15) is 16.7 Å². The quantitative estimate of drug-likeness (QED) is 0.819. The first kappa shape index (κ1) is 12.6. The fourth-order valence-electron chi connectivity index (χ4n) is 1.64. The standard InChI is InChI=1S/C15H9FN2O/c1-10-3-2-4-12(9-18)15(10)19-13-6-5-11(8-17)14(16)7-13/h2-7H,1H3. The van der Waals surface area contributed by atoms with Gasteiger partial charge in [-0.25, -0.2) is 4.39 Å². The van der Waals surface area contributed by atoms with E-state index >= 15 is 0 Å². The zero-order chi connectivity index (χ0) is 13.8. The zero-order valence-corrected chi connectivity index (χ0v) is 10.1. The summed E-state index contributed by atoms with van der Waals surface area (Å²) in [4.78, 5) is 0. The molecule has 2 aromatic carbocycles. The number of benzene rings is 2. The molecule has 0 atom stereocenters. The van der Waals surface area contributed by atoms with Gasteiger partial charge in [0, 0.05) is 6.07 Å². The molecule has 0 saturated heterocycles. The number of hydrogen-bond acceptors (Lipinski definition) is 3. The Morgan fingerprint density at radius 2 is 1.79 bits per heavy atom. The summed E-state index contributed by atoms with van der Waals surface area (Å²) < 4.78 is 19.0. The molecule has 0 aliphatic heterocycles. The van der Waals surface area contributed by atoms with Gasteiger partial charge < -0.3 is 4.74 Å². The lowest BCUT2D eigenvalue weighted by atomic mass is 10.1. The molecule has 19 heavy (non-hydrogen) atoms. The summed E-state index contributed by atoms with van der Waals surface area (Å²) in [6.07, 6.45) is 0. The first-order chi connectivity index (χ1) is 9.15. The van der Waals surface area contributed by atoms with Crippen LogP contribution in [0.15, 0.2) is 36.4 Å². The third kappa shape index (κ3) is 2.53. The minimum atomic E-state index is -0.646. The topological polar surface area (TPSA) is 56.8 Å². The number of hydrogen-bond donors (Lipinski definition) is 0. The molecule has 0 N–H and O–H groups in total. The monoisotopic (exact) mass is 252 g/mol. The normalized spacial score (nSPS) is 9.47. The fraction of sp³-hybridized carbons (Fsp3) is 0.0667. The summed E-state index contributed by atoms with van der Waals surface area (Å²) in [5, 5.41) is 17.7. The van der Waals surface area contributed by atoms with Crippen molar-refractivity contribution in [1.82, 2.24) is 0 Å². The van der Waals surface area contributed by atoms with Crippen LogP contribution in [0.25, 0.3) is 0 Å². The van der Waals surface area contributed by atoms with E-state index in [0.29, 0.717) is 11.3 Å². The van der Waals surface area contributed by atoms with Gasteiger partial charge >= 0.3 is 0 Å². The van der Waals surface area contributed by atoms with Crippen molar-refractivity contribution >= 4 is 0 Å². The highest BCUT2D eigenvalue weighted by molar-refractivity contribution is 5.50. The Bertz CT molecular complexity index is 711. The lowest BCUT2D eigenvalue weighted by Crippen LogP contribution is -1.93. The van der Waals surface area contributed by atoms with Crippen LogP contribution in [0.4, 0.5) is 4.39 Å². The third-order valence-electron chi connectivity index (χ3n) is 2.61. The van der Waals surface area contributed by atoms with Crippen molar-refractivity contribution in [3.05, 3.63) is 58.9 Å². The number of nitrogens with zero attached hydrogens (tertiary/aromatic N) is 2. The van der Waals surface area contributed by atoms with Crippen molar-refractivity contribution in [2.24, 2.45) is 0 Å². The minimum Gasteiger partial charge on any atom is -0.456 e. The van der Waals surface area contributed by atoms with Crippen LogP contribution < -0.4 is 4.74 Å². The van der Waals surface area contributed by atoms with Crippen molar-refractivity contribution in [3.63, 3.8) is 0 Å². The van der Waals surface area contributed by atoms with Crippen LogP contribution in [-0.4, -0.2) is 0 Å². The number of nitriles is 2. The molecule has 0 aliphatic rings. The van der Waals surface area contributed by atoms with Crippen molar-refractivity contribution in [2.75, 3.05) is 0 Å². The van der Waals surface area contributed by atoms with Gasteiger partial charge in [0.1, 0.15) is 29.5 Å². The Labute approximate surface area is 110 Å². The molecule has 0 amide bonds. The molecule has 0 radical (unpaired) electrons. The molecule has 3 nitrogen and oxygen atoms in total. The Hall–Kier alpha value is -2.85. The van der Waals surface area contributed by atoms with E-state index in [1.54, 1.807) is 31.2 Å². The molecule has 2 rings (SSSR count). The van der Waals surface area contributed by atoms with Crippen molar-refractivity contribution in [1.29, 1.82) is 10.5 Å². The first-order valence-electron chi connectivity index (χ1n) is 5.53. The maximum atomic E-state index is 13.5. The van der Waals surface area contributed by atoms with E-state index in [1.807, 2.05) is 6.07 Å². The van der Waals surface area contributed by atoms with Gasteiger partial charge in [-0.3, -0.25) is 0 Å². The second kappa shape index (κ2) is 5.20. The van der Waals surface area contributed by atoms with Crippen LogP contribution >= 0.6 is 0 Å². The summed E-state index contributed by atoms with van der Waals surface area (Å²) in [6.45, 7) is 1.80. The highest BCUT2D eigenvalue weighted by Crippen LogP contribution is 2.29. The van der Waals surface area contributed by atoms with E-state index < -0.39 is 5.82 Å². The molecular formula is C15H9FN2O. The average molecular weight is 252 g/mol. The molecular weight excluding hydrogens is 243 g/mol. The number of ether oxygens (including phenoxy) is 1. The van der Waals surface area contributed by atoms with E-state index in [-0.39, 0.29) is 11.3 Å². The molecule has 4 heteroatoms. The van der Waals surface area contributed by atoms with E-state index in [0.717, 1.165) is 11.6 Å². The third-order valence-corrected chi connectivity index (χ3v) is 2.61. The van der Waals surface area contributed by atoms with Crippen LogP contribution in [-0.2, 0) is 0 Å². The van der Waals surface area contributed by atoms with E-state index in [1.165, 1.54) is 12.1 Å². The van der Waals surface area contributed by atoms with Crippen LogP contribution in [0.2, 0.25) is 0 Å². The zero-order valence-electron chi connectivity index (χ0n) is 10.1. The molecule has 0 heterocycles. The summed E-state index contributed by atoms with van der Waals surface area (Å²) in [7, 11) is 0. The highest BCUT2D eigenvalue weighted by atomic mass is 19.1. The number of para-hydroxylation sites is 1. The molecule has 0 aliphatic carbocycles. The first-order valence-corrected chi connectivity index (χ1v) is 5.53. The smallest absolute Gasteiger partial charge is 0.148 e. The van der Waals surface area contributed by atoms with Crippen LogP contribution in [0, 0.1) is 35.4 Å². The summed E-state index contributed by atoms with van der Waals surface area (Å²) in [6, 6.07) is 12.9. The molecule has 92 valence electrons. The molecule has 0 fully saturated rings. The molecule has 0 bridgehead atoms. The predicted molar refractivity (Wildman–Crippen MR) is 67.1 cm³/mol. The molecule has 0 saturated carbocycles.